The van der Waals surface area contributed by atoms with Crippen LogP contribution in [0.15, 0.2) is 18.2 Å². The van der Waals surface area contributed by atoms with E-state index >= 15 is 0 Å². The summed E-state index contributed by atoms with van der Waals surface area (Å²) in [4.78, 5) is 24.5. The zero-order chi connectivity index (χ0) is 14.7. The number of carbonyl (C=O) groups is 2. The smallest absolute Gasteiger partial charge is 0.249 e. The van der Waals surface area contributed by atoms with Gasteiger partial charge in [-0.25, -0.2) is 4.39 Å². The molecule has 0 saturated carbocycles. The van der Waals surface area contributed by atoms with Crippen LogP contribution in [0.2, 0.25) is 0 Å². The molecule has 0 radical (unpaired) electrons. The summed E-state index contributed by atoms with van der Waals surface area (Å²) < 4.78 is 14.2. The number of hydrogen-bond donors (Lipinski definition) is 2. The van der Waals surface area contributed by atoms with Crippen LogP contribution in [0.1, 0.15) is 19.4 Å². The Morgan fingerprint density at radius 1 is 1.45 bits per heavy atom. The first-order chi connectivity index (χ1) is 9.52. The fourth-order valence-electron chi connectivity index (χ4n) is 2.17. The van der Waals surface area contributed by atoms with E-state index in [0.29, 0.717) is 6.54 Å². The molecule has 1 aliphatic heterocycles. The molecule has 0 spiro atoms. The molecular formula is C14H18FN3O2. The van der Waals surface area contributed by atoms with E-state index in [4.69, 9.17) is 0 Å². The Bertz CT molecular complexity index is 533. The van der Waals surface area contributed by atoms with Gasteiger partial charge >= 0.3 is 0 Å². The van der Waals surface area contributed by atoms with E-state index in [-0.39, 0.29) is 12.2 Å². The average molecular weight is 279 g/mol. The van der Waals surface area contributed by atoms with Gasteiger partial charge < -0.3 is 10.2 Å². The minimum atomic E-state index is -0.568. The molecule has 1 atom stereocenters. The van der Waals surface area contributed by atoms with E-state index in [1.165, 1.54) is 11.0 Å². The van der Waals surface area contributed by atoms with Crippen molar-refractivity contribution >= 4 is 17.5 Å². The lowest BCUT2D eigenvalue weighted by atomic mass is 10.1. The monoisotopic (exact) mass is 279 g/mol. The van der Waals surface area contributed by atoms with E-state index in [0.717, 1.165) is 12.1 Å². The van der Waals surface area contributed by atoms with Crippen LogP contribution in [-0.2, 0) is 16.1 Å². The van der Waals surface area contributed by atoms with Gasteiger partial charge in [-0.15, -0.1) is 0 Å². The van der Waals surface area contributed by atoms with E-state index in [1.54, 1.807) is 19.1 Å². The van der Waals surface area contributed by atoms with Gasteiger partial charge in [-0.3, -0.25) is 14.9 Å². The van der Waals surface area contributed by atoms with Crippen molar-refractivity contribution in [3.8, 4) is 0 Å². The van der Waals surface area contributed by atoms with Gasteiger partial charge in [0.15, 0.2) is 0 Å². The molecule has 1 saturated heterocycles. The fraction of sp³-hybridized carbons (Fsp3) is 0.429. The number of carbonyl (C=O) groups excluding carboxylic acids is 2. The maximum absolute atomic E-state index is 14.2. The van der Waals surface area contributed by atoms with Crippen LogP contribution in [0.4, 0.5) is 10.1 Å². The van der Waals surface area contributed by atoms with Crippen LogP contribution in [0.5, 0.6) is 0 Å². The lowest BCUT2D eigenvalue weighted by Gasteiger charge is -2.33. The predicted molar refractivity (Wildman–Crippen MR) is 73.7 cm³/mol. The second kappa shape index (κ2) is 6.00. The van der Waals surface area contributed by atoms with Crippen LogP contribution in [0.25, 0.3) is 0 Å². The van der Waals surface area contributed by atoms with E-state index in [2.05, 4.69) is 10.6 Å². The summed E-state index contributed by atoms with van der Waals surface area (Å²) in [5, 5.41) is 5.35. The Morgan fingerprint density at radius 3 is 2.85 bits per heavy atom. The van der Waals surface area contributed by atoms with E-state index in [1.807, 2.05) is 6.92 Å². The lowest BCUT2D eigenvalue weighted by Crippen LogP contribution is -2.57. The zero-order valence-electron chi connectivity index (χ0n) is 11.6. The molecule has 1 fully saturated rings. The molecule has 0 aliphatic carbocycles. The highest BCUT2D eigenvalue weighted by molar-refractivity contribution is 6.04. The third kappa shape index (κ3) is 2.96. The highest BCUT2D eigenvalue weighted by Gasteiger charge is 2.31. The largest absolute Gasteiger partial charge is 0.348 e. The molecule has 1 unspecified atom stereocenters. The van der Waals surface area contributed by atoms with Crippen LogP contribution >= 0.6 is 0 Å². The molecule has 1 heterocycles. The van der Waals surface area contributed by atoms with Crippen molar-refractivity contribution < 1.29 is 14.0 Å². The Morgan fingerprint density at radius 2 is 2.20 bits per heavy atom. The average Bonchev–Trinajstić information content (AvgIpc) is 2.41. The van der Waals surface area contributed by atoms with Crippen LogP contribution < -0.4 is 15.5 Å². The first-order valence-corrected chi connectivity index (χ1v) is 6.62. The van der Waals surface area contributed by atoms with Crippen molar-refractivity contribution in [2.45, 2.75) is 26.4 Å². The maximum Gasteiger partial charge on any atom is 0.249 e. The quantitative estimate of drug-likeness (QED) is 0.800. The minimum absolute atomic E-state index is 0.0175. The van der Waals surface area contributed by atoms with Gasteiger partial charge in [-0.05, 0) is 31.2 Å². The molecule has 0 bridgehead atoms. The first kappa shape index (κ1) is 14.5. The highest BCUT2D eigenvalue weighted by atomic mass is 19.1. The summed E-state index contributed by atoms with van der Waals surface area (Å²) in [6, 6.07) is 4.28. The molecule has 6 heteroatoms. The third-order valence-corrected chi connectivity index (χ3v) is 3.32. The lowest BCUT2D eigenvalue weighted by molar-refractivity contribution is -0.132. The molecule has 2 rings (SSSR count). The van der Waals surface area contributed by atoms with Crippen molar-refractivity contribution in [3.05, 3.63) is 29.6 Å². The number of amides is 2. The highest BCUT2D eigenvalue weighted by Crippen LogP contribution is 2.24. The molecular weight excluding hydrogens is 261 g/mol. The van der Waals surface area contributed by atoms with Crippen molar-refractivity contribution in [1.29, 1.82) is 0 Å². The predicted octanol–water partition coefficient (Wildman–Crippen LogP) is 0.786. The van der Waals surface area contributed by atoms with Gasteiger partial charge in [0, 0.05) is 6.54 Å². The van der Waals surface area contributed by atoms with Gasteiger partial charge in [-0.1, -0.05) is 13.0 Å². The number of anilines is 1. The second-order valence-corrected chi connectivity index (χ2v) is 4.78. The van der Waals surface area contributed by atoms with Gasteiger partial charge in [0.1, 0.15) is 11.9 Å². The summed E-state index contributed by atoms with van der Waals surface area (Å²) in [7, 11) is 0. The SMILES string of the molecule is CCNCc1ccc(N2CC(=O)NC(=O)C2C)c(F)c1. The Hall–Kier alpha value is -1.95. The summed E-state index contributed by atoms with van der Waals surface area (Å²) >= 11 is 0. The van der Waals surface area contributed by atoms with Crippen molar-refractivity contribution in [2.24, 2.45) is 0 Å². The number of benzene rings is 1. The zero-order valence-corrected chi connectivity index (χ0v) is 11.6. The minimum Gasteiger partial charge on any atom is -0.348 e. The summed E-state index contributed by atoms with van der Waals surface area (Å²) in [6.07, 6.45) is 0. The summed E-state index contributed by atoms with van der Waals surface area (Å²) in [6.45, 7) is 5.00. The number of halogens is 1. The number of imide groups is 1. The molecule has 1 aromatic rings. The number of rotatable bonds is 4. The number of nitrogens with zero attached hydrogens (tertiary/aromatic N) is 1. The molecule has 2 N–H and O–H groups in total. The van der Waals surface area contributed by atoms with Crippen molar-refractivity contribution in [2.75, 3.05) is 18.0 Å². The molecule has 2 amide bonds. The standard InChI is InChI=1S/C14H18FN3O2/c1-3-16-7-10-4-5-12(11(15)6-10)18-8-13(19)17-14(20)9(18)2/h4-6,9,16H,3,7-8H2,1-2H3,(H,17,19,20). The maximum atomic E-state index is 14.2. The van der Waals surface area contributed by atoms with Gasteiger partial charge in [0.25, 0.3) is 0 Å². The fourth-order valence-corrected chi connectivity index (χ4v) is 2.17. The Kier molecular flexibility index (Phi) is 4.34. The molecule has 0 aromatic heterocycles. The van der Waals surface area contributed by atoms with Crippen LogP contribution in [0, 0.1) is 5.82 Å². The molecule has 1 aliphatic rings. The molecule has 5 nitrogen and oxygen atoms in total. The van der Waals surface area contributed by atoms with E-state index < -0.39 is 23.7 Å². The number of nitrogens with one attached hydrogen (secondary N) is 2. The van der Waals surface area contributed by atoms with Gasteiger partial charge in [-0.2, -0.15) is 0 Å². The Labute approximate surface area is 117 Å². The summed E-state index contributed by atoms with van der Waals surface area (Å²) in [5.74, 6) is -1.24. The summed E-state index contributed by atoms with van der Waals surface area (Å²) in [5.41, 5.74) is 1.11. The third-order valence-electron chi connectivity index (χ3n) is 3.32. The first-order valence-electron chi connectivity index (χ1n) is 6.62. The van der Waals surface area contributed by atoms with E-state index in [9.17, 15) is 14.0 Å². The molecule has 1 aromatic carbocycles. The van der Waals surface area contributed by atoms with Crippen LogP contribution in [-0.4, -0.2) is 30.9 Å². The normalized spacial score (nSPS) is 19.1. The molecule has 108 valence electrons. The number of hydrogen-bond acceptors (Lipinski definition) is 4. The van der Waals surface area contributed by atoms with Crippen molar-refractivity contribution in [3.63, 3.8) is 0 Å². The topological polar surface area (TPSA) is 61.4 Å². The number of piperazine rings is 1. The van der Waals surface area contributed by atoms with Crippen molar-refractivity contribution in [1.82, 2.24) is 10.6 Å². The Balaban J connectivity index is 2.23. The van der Waals surface area contributed by atoms with Gasteiger partial charge in [0.05, 0.1) is 12.2 Å². The van der Waals surface area contributed by atoms with Gasteiger partial charge in [0.2, 0.25) is 11.8 Å². The van der Waals surface area contributed by atoms with Crippen LogP contribution in [0.3, 0.4) is 0 Å². The molecule has 20 heavy (non-hydrogen) atoms. The second-order valence-electron chi connectivity index (χ2n) is 4.78.